The van der Waals surface area contributed by atoms with Gasteiger partial charge in [-0.2, -0.15) is 0 Å². The van der Waals surface area contributed by atoms with Gasteiger partial charge in [-0.05, 0) is 33.2 Å². The Bertz CT molecular complexity index is 188. The van der Waals surface area contributed by atoms with Crippen molar-refractivity contribution in [1.29, 1.82) is 0 Å². The molecule has 1 fully saturated rings. The van der Waals surface area contributed by atoms with Gasteiger partial charge in [-0.15, -0.1) is 0 Å². The van der Waals surface area contributed by atoms with Crippen LogP contribution in [0.5, 0.6) is 0 Å². The Morgan fingerprint density at radius 3 is 2.62 bits per heavy atom. The van der Waals surface area contributed by atoms with Crippen LogP contribution in [-0.4, -0.2) is 71.5 Å². The van der Waals surface area contributed by atoms with Crippen molar-refractivity contribution >= 4 is 0 Å². The molecule has 1 aliphatic rings. The van der Waals surface area contributed by atoms with Crippen LogP contribution in [0.15, 0.2) is 0 Å². The van der Waals surface area contributed by atoms with Crippen LogP contribution in [0.25, 0.3) is 0 Å². The normalized spacial score (nSPS) is 25.9. The van der Waals surface area contributed by atoms with Crippen LogP contribution in [0, 0.1) is 0 Å². The number of hydrogen-bond donors (Lipinski definition) is 2. The largest absolute Gasteiger partial charge is 0.396 e. The van der Waals surface area contributed by atoms with Crippen LogP contribution >= 0.6 is 0 Å². The van der Waals surface area contributed by atoms with Gasteiger partial charge >= 0.3 is 0 Å². The maximum absolute atomic E-state index is 9.38. The first-order chi connectivity index (χ1) is 7.63. The molecule has 1 saturated heterocycles. The molecular weight excluding hydrogens is 204 g/mol. The molecule has 0 radical (unpaired) electrons. The van der Waals surface area contributed by atoms with Gasteiger partial charge in [0.1, 0.15) is 0 Å². The van der Waals surface area contributed by atoms with Crippen molar-refractivity contribution in [2.45, 2.75) is 38.8 Å². The van der Waals surface area contributed by atoms with Crippen molar-refractivity contribution in [2.24, 2.45) is 0 Å². The van der Waals surface area contributed by atoms with Crippen molar-refractivity contribution in [3.05, 3.63) is 0 Å². The van der Waals surface area contributed by atoms with Gasteiger partial charge in [0.05, 0.1) is 6.10 Å². The van der Waals surface area contributed by atoms with Gasteiger partial charge in [0.2, 0.25) is 0 Å². The Morgan fingerprint density at radius 1 is 1.31 bits per heavy atom. The quantitative estimate of drug-likeness (QED) is 0.638. The fraction of sp³-hybridized carbons (Fsp3) is 1.00. The third kappa shape index (κ3) is 4.78. The first-order valence-electron chi connectivity index (χ1n) is 6.38. The minimum atomic E-state index is -0.233. The molecule has 0 spiro atoms. The fourth-order valence-corrected chi connectivity index (χ4v) is 2.33. The summed E-state index contributed by atoms with van der Waals surface area (Å²) in [5.41, 5.74) is 0. The topological polar surface area (TPSA) is 46.9 Å². The number of unbranched alkanes of at least 4 members (excludes halogenated alkanes) is 1. The lowest BCUT2D eigenvalue weighted by Gasteiger charge is -2.40. The van der Waals surface area contributed by atoms with Gasteiger partial charge in [0, 0.05) is 38.8 Å². The monoisotopic (exact) mass is 230 g/mol. The van der Waals surface area contributed by atoms with Crippen LogP contribution in [0.1, 0.15) is 26.7 Å². The number of aliphatic hydroxyl groups is 2. The third-order valence-electron chi connectivity index (χ3n) is 3.23. The maximum atomic E-state index is 9.38. The van der Waals surface area contributed by atoms with E-state index in [0.29, 0.717) is 12.6 Å². The van der Waals surface area contributed by atoms with E-state index in [9.17, 15) is 5.11 Å². The predicted octanol–water partition coefficient (Wildman–Crippen LogP) is 0.146. The van der Waals surface area contributed by atoms with E-state index in [1.165, 1.54) is 0 Å². The molecule has 1 aliphatic heterocycles. The van der Waals surface area contributed by atoms with Crippen LogP contribution < -0.4 is 0 Å². The van der Waals surface area contributed by atoms with Gasteiger partial charge in [0.15, 0.2) is 0 Å². The molecule has 0 saturated carbocycles. The van der Waals surface area contributed by atoms with Gasteiger partial charge in [-0.3, -0.25) is 4.90 Å². The first kappa shape index (κ1) is 13.9. The minimum Gasteiger partial charge on any atom is -0.396 e. The van der Waals surface area contributed by atoms with E-state index in [1.807, 2.05) is 6.92 Å². The van der Waals surface area contributed by atoms with Crippen molar-refractivity contribution in [3.63, 3.8) is 0 Å². The summed E-state index contributed by atoms with van der Waals surface area (Å²) in [6.07, 6.45) is 1.76. The summed E-state index contributed by atoms with van der Waals surface area (Å²) >= 11 is 0. The van der Waals surface area contributed by atoms with Crippen LogP contribution in [0.2, 0.25) is 0 Å². The summed E-state index contributed by atoms with van der Waals surface area (Å²) in [5.74, 6) is 0. The second-order valence-corrected chi connectivity index (χ2v) is 4.92. The fourth-order valence-electron chi connectivity index (χ4n) is 2.33. The number of aliphatic hydroxyl groups excluding tert-OH is 2. The number of nitrogens with zero attached hydrogens (tertiary/aromatic N) is 2. The zero-order valence-corrected chi connectivity index (χ0v) is 10.6. The van der Waals surface area contributed by atoms with Crippen molar-refractivity contribution in [2.75, 3.05) is 39.3 Å². The van der Waals surface area contributed by atoms with Gasteiger partial charge in [-0.1, -0.05) is 0 Å². The second-order valence-electron chi connectivity index (χ2n) is 4.92. The van der Waals surface area contributed by atoms with E-state index < -0.39 is 0 Å². The average Bonchev–Trinajstić information content (AvgIpc) is 2.22. The maximum Gasteiger partial charge on any atom is 0.0639 e. The average molecular weight is 230 g/mol. The van der Waals surface area contributed by atoms with Crippen LogP contribution in [0.3, 0.4) is 0 Å². The van der Waals surface area contributed by atoms with E-state index in [0.717, 1.165) is 45.6 Å². The molecule has 2 N–H and O–H groups in total. The first-order valence-corrected chi connectivity index (χ1v) is 6.38. The number of hydrogen-bond acceptors (Lipinski definition) is 4. The molecule has 1 rings (SSSR count). The molecule has 0 aliphatic carbocycles. The Morgan fingerprint density at radius 2 is 2.06 bits per heavy atom. The molecule has 4 nitrogen and oxygen atoms in total. The lowest BCUT2D eigenvalue weighted by atomic mass is 10.1. The second kappa shape index (κ2) is 7.22. The molecule has 2 atom stereocenters. The zero-order valence-electron chi connectivity index (χ0n) is 10.6. The Kier molecular flexibility index (Phi) is 6.28. The molecule has 0 aromatic heterocycles. The lowest BCUT2D eigenvalue weighted by molar-refractivity contribution is 0.0442. The van der Waals surface area contributed by atoms with E-state index in [4.69, 9.17) is 5.11 Å². The summed E-state index contributed by atoms with van der Waals surface area (Å²) in [7, 11) is 0. The van der Waals surface area contributed by atoms with E-state index in [1.54, 1.807) is 0 Å². The summed E-state index contributed by atoms with van der Waals surface area (Å²) in [6, 6.07) is 0.525. The van der Waals surface area contributed by atoms with Crippen molar-refractivity contribution < 1.29 is 10.2 Å². The predicted molar refractivity (Wildman–Crippen MR) is 65.5 cm³/mol. The van der Waals surface area contributed by atoms with E-state index in [2.05, 4.69) is 16.7 Å². The summed E-state index contributed by atoms with van der Waals surface area (Å²) < 4.78 is 0. The highest BCUT2D eigenvalue weighted by molar-refractivity contribution is 4.79. The summed E-state index contributed by atoms with van der Waals surface area (Å²) in [5, 5.41) is 18.1. The third-order valence-corrected chi connectivity index (χ3v) is 3.23. The zero-order chi connectivity index (χ0) is 12.0. The minimum absolute atomic E-state index is 0.233. The molecule has 2 unspecified atom stereocenters. The lowest BCUT2D eigenvalue weighted by Crippen LogP contribution is -2.53. The Labute approximate surface area is 98.9 Å². The molecule has 0 aromatic rings. The molecule has 0 aromatic carbocycles. The van der Waals surface area contributed by atoms with Crippen molar-refractivity contribution in [1.82, 2.24) is 9.80 Å². The Balaban J connectivity index is 2.22. The van der Waals surface area contributed by atoms with E-state index >= 15 is 0 Å². The number of β-amino-alcohol motifs (C(OH)–C–C–N with tert-alkyl or cyclic N) is 1. The number of rotatable bonds is 6. The van der Waals surface area contributed by atoms with Crippen molar-refractivity contribution in [3.8, 4) is 0 Å². The van der Waals surface area contributed by atoms with Gasteiger partial charge in [0.25, 0.3) is 0 Å². The molecule has 0 bridgehead atoms. The molecule has 4 heteroatoms. The number of piperazine rings is 1. The highest BCUT2D eigenvalue weighted by atomic mass is 16.3. The molecule has 16 heavy (non-hydrogen) atoms. The van der Waals surface area contributed by atoms with E-state index in [-0.39, 0.29) is 6.10 Å². The summed E-state index contributed by atoms with van der Waals surface area (Å²) in [4.78, 5) is 4.81. The smallest absolute Gasteiger partial charge is 0.0639 e. The molecule has 96 valence electrons. The van der Waals surface area contributed by atoms with Gasteiger partial charge in [-0.25, -0.2) is 0 Å². The standard InChI is InChI=1S/C12H26N2O2/c1-11-9-13(5-3-4-8-15)6-7-14(11)10-12(2)16/h11-12,15-16H,3-10H2,1-2H3. The summed E-state index contributed by atoms with van der Waals surface area (Å²) in [6.45, 7) is 9.46. The van der Waals surface area contributed by atoms with Crippen LogP contribution in [0.4, 0.5) is 0 Å². The highest BCUT2D eigenvalue weighted by Crippen LogP contribution is 2.10. The van der Waals surface area contributed by atoms with Crippen LogP contribution in [-0.2, 0) is 0 Å². The highest BCUT2D eigenvalue weighted by Gasteiger charge is 2.23. The Hall–Kier alpha value is -0.160. The molecule has 1 heterocycles. The van der Waals surface area contributed by atoms with Gasteiger partial charge < -0.3 is 15.1 Å². The molecule has 0 amide bonds. The SMILES string of the molecule is CC(O)CN1CCN(CCCCO)CC1C. The molecular formula is C12H26N2O2.